The summed E-state index contributed by atoms with van der Waals surface area (Å²) in [5.74, 6) is -0.689. The lowest BCUT2D eigenvalue weighted by atomic mass is 10.1. The monoisotopic (exact) mass is 413 g/mol. The van der Waals surface area contributed by atoms with Gasteiger partial charge in [-0.3, -0.25) is 9.59 Å². The van der Waals surface area contributed by atoms with Gasteiger partial charge in [0.2, 0.25) is 0 Å². The summed E-state index contributed by atoms with van der Waals surface area (Å²) in [7, 11) is 0. The molecule has 148 valence electrons. The molecule has 0 spiro atoms. The van der Waals surface area contributed by atoms with Crippen molar-refractivity contribution in [1.29, 1.82) is 0 Å². The average molecular weight is 414 g/mol. The molecule has 0 aliphatic carbocycles. The molecule has 4 rings (SSSR count). The molecule has 0 saturated carbocycles. The quantitative estimate of drug-likeness (QED) is 0.656. The van der Waals surface area contributed by atoms with Crippen molar-refractivity contribution >= 4 is 23.4 Å². The number of hydrogen-bond donors (Lipinski definition) is 0. The summed E-state index contributed by atoms with van der Waals surface area (Å²) in [6, 6.07) is 14.3. The Labute approximate surface area is 171 Å². The summed E-state index contributed by atoms with van der Waals surface area (Å²) in [5.41, 5.74) is 0.872. The number of hydrogen-bond acceptors (Lipinski definition) is 4. The van der Waals surface area contributed by atoms with Crippen LogP contribution in [-0.2, 0) is 0 Å². The van der Waals surface area contributed by atoms with E-state index in [0.29, 0.717) is 36.8 Å². The van der Waals surface area contributed by atoms with E-state index in [4.69, 9.17) is 16.1 Å². The molecule has 8 heteroatoms. The van der Waals surface area contributed by atoms with E-state index in [2.05, 4.69) is 5.16 Å². The zero-order valence-corrected chi connectivity index (χ0v) is 16.1. The van der Waals surface area contributed by atoms with Crippen LogP contribution >= 0.6 is 11.6 Å². The first kappa shape index (κ1) is 19.1. The average Bonchev–Trinajstić information content (AvgIpc) is 3.23. The zero-order valence-electron chi connectivity index (χ0n) is 15.3. The maximum absolute atomic E-state index is 13.9. The van der Waals surface area contributed by atoms with Crippen LogP contribution in [0.3, 0.4) is 0 Å². The van der Waals surface area contributed by atoms with Gasteiger partial charge >= 0.3 is 0 Å². The molecule has 1 aromatic heterocycles. The predicted molar refractivity (Wildman–Crippen MR) is 105 cm³/mol. The summed E-state index contributed by atoms with van der Waals surface area (Å²) >= 11 is 5.95. The summed E-state index contributed by atoms with van der Waals surface area (Å²) in [6.07, 6.45) is 0. The molecule has 1 aliphatic rings. The fourth-order valence-corrected chi connectivity index (χ4v) is 3.43. The maximum Gasteiger partial charge on any atom is 0.276 e. The Kier molecular flexibility index (Phi) is 5.31. The van der Waals surface area contributed by atoms with Gasteiger partial charge in [-0.05, 0) is 30.3 Å². The highest BCUT2D eigenvalue weighted by Crippen LogP contribution is 2.24. The number of carbonyl (C=O) groups is 2. The lowest BCUT2D eigenvalue weighted by Gasteiger charge is -2.34. The lowest BCUT2D eigenvalue weighted by Crippen LogP contribution is -2.50. The number of piperazine rings is 1. The number of benzene rings is 2. The van der Waals surface area contributed by atoms with Crippen LogP contribution in [0.2, 0.25) is 5.02 Å². The largest absolute Gasteiger partial charge is 0.355 e. The van der Waals surface area contributed by atoms with Gasteiger partial charge in [-0.1, -0.05) is 35.0 Å². The molecule has 0 radical (unpaired) electrons. The van der Waals surface area contributed by atoms with Crippen molar-refractivity contribution in [2.75, 3.05) is 26.2 Å². The van der Waals surface area contributed by atoms with Gasteiger partial charge in [-0.2, -0.15) is 0 Å². The van der Waals surface area contributed by atoms with Crippen LogP contribution in [0.25, 0.3) is 11.3 Å². The van der Waals surface area contributed by atoms with E-state index >= 15 is 0 Å². The van der Waals surface area contributed by atoms with E-state index in [9.17, 15) is 14.0 Å². The number of amides is 2. The molecular formula is C21H17ClFN3O3. The first-order valence-corrected chi connectivity index (χ1v) is 9.46. The molecule has 0 bridgehead atoms. The second-order valence-corrected chi connectivity index (χ2v) is 7.09. The predicted octanol–water partition coefficient (Wildman–Crippen LogP) is 3.73. The number of nitrogens with zero attached hydrogens (tertiary/aromatic N) is 3. The number of carbonyl (C=O) groups excluding carboxylic acids is 2. The van der Waals surface area contributed by atoms with Crippen molar-refractivity contribution in [3.63, 3.8) is 0 Å². The van der Waals surface area contributed by atoms with Gasteiger partial charge in [0.1, 0.15) is 5.82 Å². The van der Waals surface area contributed by atoms with Crippen molar-refractivity contribution in [1.82, 2.24) is 15.0 Å². The summed E-state index contributed by atoms with van der Waals surface area (Å²) in [4.78, 5) is 28.6. The Morgan fingerprint density at radius 2 is 1.62 bits per heavy atom. The fraction of sp³-hybridized carbons (Fsp3) is 0.190. The molecule has 1 saturated heterocycles. The molecule has 0 N–H and O–H groups in total. The highest BCUT2D eigenvalue weighted by Gasteiger charge is 2.27. The Bertz CT molecular complexity index is 1060. The molecule has 1 aliphatic heterocycles. The van der Waals surface area contributed by atoms with Gasteiger partial charge in [0.25, 0.3) is 11.8 Å². The smallest absolute Gasteiger partial charge is 0.276 e. The Morgan fingerprint density at radius 1 is 0.931 bits per heavy atom. The maximum atomic E-state index is 13.9. The molecule has 3 aromatic rings. The minimum atomic E-state index is -0.448. The minimum absolute atomic E-state index is 0.109. The molecule has 6 nitrogen and oxygen atoms in total. The van der Waals surface area contributed by atoms with Crippen LogP contribution in [0, 0.1) is 5.82 Å². The summed E-state index contributed by atoms with van der Waals surface area (Å²) < 4.78 is 19.1. The number of halogens is 2. The van der Waals surface area contributed by atoms with E-state index in [1.807, 2.05) is 0 Å². The van der Waals surface area contributed by atoms with E-state index in [1.165, 1.54) is 12.1 Å². The Hall–Kier alpha value is -3.19. The third-order valence-electron chi connectivity index (χ3n) is 4.79. The van der Waals surface area contributed by atoms with Crippen LogP contribution in [0.1, 0.15) is 20.8 Å². The highest BCUT2D eigenvalue weighted by molar-refractivity contribution is 6.30. The second kappa shape index (κ2) is 8.05. The van der Waals surface area contributed by atoms with Gasteiger partial charge in [0.15, 0.2) is 11.5 Å². The summed E-state index contributed by atoms with van der Waals surface area (Å²) in [5, 5.41) is 4.29. The van der Waals surface area contributed by atoms with Crippen molar-refractivity contribution in [3.05, 3.63) is 76.7 Å². The topological polar surface area (TPSA) is 66.7 Å². The SMILES string of the molecule is O=C(c1cccc(Cl)c1)N1CCN(C(=O)c2cc(-c3ccccc3F)on2)CC1. The third kappa shape index (κ3) is 4.00. The van der Waals surface area contributed by atoms with Crippen molar-refractivity contribution < 1.29 is 18.5 Å². The normalized spacial score (nSPS) is 14.1. The summed E-state index contributed by atoms with van der Waals surface area (Å²) in [6.45, 7) is 1.53. The van der Waals surface area contributed by atoms with E-state index in [0.717, 1.165) is 0 Å². The second-order valence-electron chi connectivity index (χ2n) is 6.65. The standard InChI is InChI=1S/C21H17ClFN3O3/c22-15-5-3-4-14(12-15)20(27)25-8-10-26(11-9-25)21(28)18-13-19(29-24-18)16-6-1-2-7-17(16)23/h1-7,12-13H,8-11H2. The van der Waals surface area contributed by atoms with Crippen LogP contribution in [0.4, 0.5) is 4.39 Å². The Balaban J connectivity index is 1.41. The minimum Gasteiger partial charge on any atom is -0.355 e. The van der Waals surface area contributed by atoms with Crippen molar-refractivity contribution in [2.24, 2.45) is 0 Å². The van der Waals surface area contributed by atoms with Gasteiger partial charge in [0.05, 0.1) is 5.56 Å². The molecular weight excluding hydrogens is 397 g/mol. The molecule has 2 aromatic carbocycles. The molecule has 0 atom stereocenters. The van der Waals surface area contributed by atoms with Gasteiger partial charge in [-0.15, -0.1) is 0 Å². The van der Waals surface area contributed by atoms with Gasteiger partial charge in [-0.25, -0.2) is 4.39 Å². The van der Waals surface area contributed by atoms with Gasteiger partial charge in [0, 0.05) is 42.8 Å². The fourth-order valence-electron chi connectivity index (χ4n) is 3.24. The van der Waals surface area contributed by atoms with Crippen LogP contribution in [0.5, 0.6) is 0 Å². The molecule has 2 heterocycles. The van der Waals surface area contributed by atoms with Crippen molar-refractivity contribution in [2.45, 2.75) is 0 Å². The molecule has 29 heavy (non-hydrogen) atoms. The molecule has 2 amide bonds. The van der Waals surface area contributed by atoms with E-state index in [-0.39, 0.29) is 28.8 Å². The zero-order chi connectivity index (χ0) is 20.4. The first-order valence-electron chi connectivity index (χ1n) is 9.08. The Morgan fingerprint density at radius 3 is 2.31 bits per heavy atom. The van der Waals surface area contributed by atoms with Crippen LogP contribution in [-0.4, -0.2) is 52.9 Å². The molecule has 0 unspecified atom stereocenters. The van der Waals surface area contributed by atoms with E-state index < -0.39 is 5.82 Å². The van der Waals surface area contributed by atoms with E-state index in [1.54, 1.807) is 52.3 Å². The van der Waals surface area contributed by atoms with Gasteiger partial charge < -0.3 is 14.3 Å². The highest BCUT2D eigenvalue weighted by atomic mass is 35.5. The van der Waals surface area contributed by atoms with Crippen LogP contribution in [0.15, 0.2) is 59.1 Å². The number of aromatic nitrogens is 1. The number of rotatable bonds is 3. The third-order valence-corrected chi connectivity index (χ3v) is 5.03. The molecule has 1 fully saturated rings. The van der Waals surface area contributed by atoms with Crippen molar-refractivity contribution in [3.8, 4) is 11.3 Å². The van der Waals surface area contributed by atoms with Crippen LogP contribution < -0.4 is 0 Å². The first-order chi connectivity index (χ1) is 14.0. The lowest BCUT2D eigenvalue weighted by molar-refractivity contribution is 0.0530.